The van der Waals surface area contributed by atoms with Crippen molar-refractivity contribution in [1.29, 1.82) is 5.26 Å². The van der Waals surface area contributed by atoms with Crippen LogP contribution in [0.15, 0.2) is 89.9 Å². The first-order valence-corrected chi connectivity index (χ1v) is 12.6. The molecule has 0 atom stereocenters. The Morgan fingerprint density at radius 3 is 2.50 bits per heavy atom. The molecule has 0 aliphatic rings. The molecule has 1 amide bonds. The topological polar surface area (TPSA) is 105 Å². The zero-order chi connectivity index (χ0) is 26.1. The lowest BCUT2D eigenvalue weighted by Crippen LogP contribution is -2.14. The lowest BCUT2D eigenvalue weighted by molar-refractivity contribution is -0.112. The number of carbonyl (C=O) groups excluding carboxylic acids is 1. The molecule has 7 nitrogen and oxygen atoms in total. The van der Waals surface area contributed by atoms with Crippen LogP contribution in [0.3, 0.4) is 0 Å². The zero-order valence-corrected chi connectivity index (χ0v) is 20.8. The van der Waals surface area contributed by atoms with Crippen LogP contribution in [-0.4, -0.2) is 20.9 Å². The molecule has 3 rings (SSSR count). The number of amides is 1. The Kier molecular flexibility index (Phi) is 8.66. The van der Waals surface area contributed by atoms with Crippen molar-refractivity contribution in [3.05, 3.63) is 102 Å². The number of hydrogen-bond acceptors (Lipinski definition) is 6. The zero-order valence-electron chi connectivity index (χ0n) is 20.0. The number of nitrogens with one attached hydrogen (secondary N) is 1. The van der Waals surface area contributed by atoms with E-state index < -0.39 is 16.0 Å². The third kappa shape index (κ3) is 6.62. The van der Waals surface area contributed by atoms with Crippen LogP contribution in [0.25, 0.3) is 6.08 Å². The van der Waals surface area contributed by atoms with Crippen LogP contribution in [-0.2, 0) is 21.3 Å². The van der Waals surface area contributed by atoms with Crippen LogP contribution in [0, 0.1) is 18.3 Å². The molecule has 0 aliphatic carbocycles. The van der Waals surface area contributed by atoms with Crippen molar-refractivity contribution in [2.45, 2.75) is 25.2 Å². The molecule has 1 N–H and O–H groups in total. The van der Waals surface area contributed by atoms with Gasteiger partial charge < -0.3 is 14.2 Å². The minimum absolute atomic E-state index is 0.000519. The van der Waals surface area contributed by atoms with Gasteiger partial charge in [-0.3, -0.25) is 4.79 Å². The molecule has 0 heterocycles. The summed E-state index contributed by atoms with van der Waals surface area (Å²) in [6, 6.07) is 20.1. The van der Waals surface area contributed by atoms with Gasteiger partial charge in [0.15, 0.2) is 11.5 Å². The molecule has 0 radical (unpaired) electrons. The number of anilines is 1. The Labute approximate surface area is 211 Å². The third-order valence-corrected chi connectivity index (χ3v) is 6.23. The normalized spacial score (nSPS) is 11.3. The molecule has 0 aliphatic heterocycles. The second kappa shape index (κ2) is 11.9. The molecular weight excluding hydrogens is 476 g/mol. The number of hydrogen-bond donors (Lipinski definition) is 1. The summed E-state index contributed by atoms with van der Waals surface area (Å²) in [6.07, 6.45) is 3.27. The minimum Gasteiger partial charge on any atom is -0.490 e. The molecular formula is C28H26N2O5S. The third-order valence-electron chi connectivity index (χ3n) is 5.00. The van der Waals surface area contributed by atoms with Crippen molar-refractivity contribution in [2.24, 2.45) is 0 Å². The van der Waals surface area contributed by atoms with Crippen LogP contribution in [0.5, 0.6) is 11.5 Å². The van der Waals surface area contributed by atoms with E-state index >= 15 is 0 Å². The smallest absolute Gasteiger partial charge is 0.339 e. The maximum absolute atomic E-state index is 12.9. The number of nitriles is 1. The fraction of sp³-hybridized carbons (Fsp3) is 0.143. The van der Waals surface area contributed by atoms with Crippen molar-refractivity contribution in [3.63, 3.8) is 0 Å². The van der Waals surface area contributed by atoms with E-state index in [0.717, 1.165) is 5.56 Å². The van der Waals surface area contributed by atoms with Crippen molar-refractivity contribution in [1.82, 2.24) is 0 Å². The standard InChI is InChI=1S/C28H26N2O5S/c1-4-10-22-16-21(17-23(19-29)28(31)30-24-12-9-11-20(3)15-24)18-26(34-5-2)27(22)35-36(32,33)25-13-7-6-8-14-25/h4,6-9,11-18H,1,5,10H2,2-3H3,(H,30,31)/b23-17+. The summed E-state index contributed by atoms with van der Waals surface area (Å²) in [5, 5.41) is 12.4. The molecule has 36 heavy (non-hydrogen) atoms. The van der Waals surface area contributed by atoms with E-state index in [1.807, 2.05) is 19.1 Å². The Hall–Kier alpha value is -4.35. The number of nitrogens with zero attached hydrogens (tertiary/aromatic N) is 1. The van der Waals surface area contributed by atoms with Gasteiger partial charge in [0.2, 0.25) is 0 Å². The molecule has 0 fully saturated rings. The lowest BCUT2D eigenvalue weighted by atomic mass is 10.0. The van der Waals surface area contributed by atoms with Crippen molar-refractivity contribution in [2.75, 3.05) is 11.9 Å². The van der Waals surface area contributed by atoms with E-state index in [-0.39, 0.29) is 35.0 Å². The second-order valence-corrected chi connectivity index (χ2v) is 9.32. The molecule has 3 aromatic rings. The summed E-state index contributed by atoms with van der Waals surface area (Å²) in [4.78, 5) is 12.7. The number of rotatable bonds is 10. The molecule has 8 heteroatoms. The fourth-order valence-electron chi connectivity index (χ4n) is 3.41. The Morgan fingerprint density at radius 2 is 1.86 bits per heavy atom. The van der Waals surface area contributed by atoms with Gasteiger partial charge in [-0.1, -0.05) is 36.4 Å². The Morgan fingerprint density at radius 1 is 1.11 bits per heavy atom. The van der Waals surface area contributed by atoms with Gasteiger partial charge in [0, 0.05) is 11.3 Å². The second-order valence-electron chi connectivity index (χ2n) is 7.78. The molecule has 0 bridgehead atoms. The highest BCUT2D eigenvalue weighted by Gasteiger charge is 2.22. The number of benzene rings is 3. The van der Waals surface area contributed by atoms with E-state index in [2.05, 4.69) is 11.9 Å². The van der Waals surface area contributed by atoms with Crippen LogP contribution in [0.2, 0.25) is 0 Å². The monoisotopic (exact) mass is 502 g/mol. The van der Waals surface area contributed by atoms with Gasteiger partial charge in [-0.05, 0) is 73.9 Å². The van der Waals surface area contributed by atoms with Gasteiger partial charge in [-0.2, -0.15) is 13.7 Å². The molecule has 0 saturated heterocycles. The average molecular weight is 503 g/mol. The number of ether oxygens (including phenoxy) is 1. The van der Waals surface area contributed by atoms with E-state index in [1.54, 1.807) is 55.5 Å². The molecule has 184 valence electrons. The summed E-state index contributed by atoms with van der Waals surface area (Å²) in [7, 11) is -4.13. The molecule has 0 saturated carbocycles. The SMILES string of the molecule is C=CCc1cc(/C=C(\C#N)C(=O)Nc2cccc(C)c2)cc(OCC)c1OS(=O)(=O)c1ccccc1. The largest absolute Gasteiger partial charge is 0.490 e. The van der Waals surface area contributed by atoms with Crippen LogP contribution in [0.1, 0.15) is 23.6 Å². The minimum atomic E-state index is -4.13. The maximum atomic E-state index is 12.9. The molecule has 0 aromatic heterocycles. The highest BCUT2D eigenvalue weighted by molar-refractivity contribution is 7.87. The molecule has 0 spiro atoms. The van der Waals surface area contributed by atoms with Gasteiger partial charge in [-0.25, -0.2) is 0 Å². The van der Waals surface area contributed by atoms with Crippen LogP contribution >= 0.6 is 0 Å². The van der Waals surface area contributed by atoms with Crippen molar-refractivity contribution < 1.29 is 22.1 Å². The molecule has 0 unspecified atom stereocenters. The Bertz CT molecular complexity index is 1440. The summed E-state index contributed by atoms with van der Waals surface area (Å²) in [6.45, 7) is 7.62. The van der Waals surface area contributed by atoms with Gasteiger partial charge >= 0.3 is 10.1 Å². The maximum Gasteiger partial charge on any atom is 0.339 e. The lowest BCUT2D eigenvalue weighted by Gasteiger charge is -2.16. The van der Waals surface area contributed by atoms with E-state index in [9.17, 15) is 18.5 Å². The van der Waals surface area contributed by atoms with Crippen LogP contribution in [0.4, 0.5) is 5.69 Å². The van der Waals surface area contributed by atoms with Crippen molar-refractivity contribution >= 4 is 27.8 Å². The van der Waals surface area contributed by atoms with Crippen LogP contribution < -0.4 is 14.2 Å². The summed E-state index contributed by atoms with van der Waals surface area (Å²) in [5.41, 5.74) is 2.34. The Balaban J connectivity index is 2.02. The van der Waals surface area contributed by atoms with Crippen molar-refractivity contribution in [3.8, 4) is 17.6 Å². The van der Waals surface area contributed by atoms with E-state index in [0.29, 0.717) is 16.8 Å². The highest BCUT2D eigenvalue weighted by Crippen LogP contribution is 2.36. The number of allylic oxidation sites excluding steroid dienone is 1. The molecule has 3 aromatic carbocycles. The average Bonchev–Trinajstić information content (AvgIpc) is 2.85. The van der Waals surface area contributed by atoms with Gasteiger partial charge in [0.05, 0.1) is 6.61 Å². The predicted molar refractivity (Wildman–Crippen MR) is 139 cm³/mol. The number of aryl methyl sites for hydroxylation is 1. The van der Waals surface area contributed by atoms with Gasteiger partial charge in [-0.15, -0.1) is 6.58 Å². The summed E-state index contributed by atoms with van der Waals surface area (Å²) >= 11 is 0. The predicted octanol–water partition coefficient (Wildman–Crippen LogP) is 5.44. The van der Waals surface area contributed by atoms with E-state index in [1.165, 1.54) is 24.3 Å². The van der Waals surface area contributed by atoms with Gasteiger partial charge in [0.1, 0.15) is 16.5 Å². The summed E-state index contributed by atoms with van der Waals surface area (Å²) < 4.78 is 37.0. The summed E-state index contributed by atoms with van der Waals surface area (Å²) in [5.74, 6) is -0.377. The highest BCUT2D eigenvalue weighted by atomic mass is 32.2. The van der Waals surface area contributed by atoms with Gasteiger partial charge in [0.25, 0.3) is 5.91 Å². The fourth-order valence-corrected chi connectivity index (χ4v) is 4.41. The first kappa shape index (κ1) is 26.3. The van der Waals surface area contributed by atoms with E-state index in [4.69, 9.17) is 8.92 Å². The first-order chi connectivity index (χ1) is 17.3. The first-order valence-electron chi connectivity index (χ1n) is 11.2. The number of carbonyl (C=O) groups is 1. The quantitative estimate of drug-likeness (QED) is 0.171.